The first-order valence-electron chi connectivity index (χ1n) is 4.70. The highest BCUT2D eigenvalue weighted by molar-refractivity contribution is 7.07. The second-order valence-electron chi connectivity index (χ2n) is 3.00. The summed E-state index contributed by atoms with van der Waals surface area (Å²) in [5.41, 5.74) is 3.17. The molecule has 15 heavy (non-hydrogen) atoms. The summed E-state index contributed by atoms with van der Waals surface area (Å²) in [6.45, 7) is 4.46. The van der Waals surface area contributed by atoms with Gasteiger partial charge < -0.3 is 4.57 Å². The Balaban J connectivity index is 2.44. The number of thiazole rings is 1. The third-order valence-corrected chi connectivity index (χ3v) is 2.75. The lowest BCUT2D eigenvalue weighted by molar-refractivity contribution is -0.133. The van der Waals surface area contributed by atoms with Gasteiger partial charge >= 0.3 is 4.87 Å². The first kappa shape index (κ1) is 11.9. The second-order valence-corrected chi connectivity index (χ2v) is 3.82. The van der Waals surface area contributed by atoms with Crippen molar-refractivity contribution in [2.75, 3.05) is 6.61 Å². The minimum atomic E-state index is -0.214. The van der Waals surface area contributed by atoms with Gasteiger partial charge in [0.05, 0.1) is 6.61 Å². The zero-order valence-corrected chi connectivity index (χ0v) is 9.60. The van der Waals surface area contributed by atoms with Crippen molar-refractivity contribution in [2.45, 2.75) is 26.8 Å². The molecule has 84 valence electrons. The lowest BCUT2D eigenvalue weighted by Crippen LogP contribution is -2.26. The smallest absolute Gasteiger partial charge is 0.303 e. The summed E-state index contributed by atoms with van der Waals surface area (Å²) in [6.07, 6.45) is 0.247. The Morgan fingerprint density at radius 1 is 1.67 bits per heavy atom. The number of rotatable bonds is 5. The van der Waals surface area contributed by atoms with Crippen LogP contribution in [0.15, 0.2) is 10.2 Å². The van der Waals surface area contributed by atoms with Crippen molar-refractivity contribution in [2.24, 2.45) is 0 Å². The fraction of sp³-hybridized carbons (Fsp3) is 0.556. The number of amides is 1. The van der Waals surface area contributed by atoms with Crippen molar-refractivity contribution in [1.82, 2.24) is 10.0 Å². The van der Waals surface area contributed by atoms with Crippen LogP contribution in [0.1, 0.15) is 19.0 Å². The maximum Gasteiger partial charge on any atom is 0.307 e. The van der Waals surface area contributed by atoms with E-state index in [1.165, 1.54) is 0 Å². The van der Waals surface area contributed by atoms with Crippen LogP contribution in [0, 0.1) is 6.92 Å². The van der Waals surface area contributed by atoms with Gasteiger partial charge in [-0.2, -0.15) is 0 Å². The van der Waals surface area contributed by atoms with Gasteiger partial charge in [0.2, 0.25) is 5.91 Å². The molecule has 0 bridgehead atoms. The van der Waals surface area contributed by atoms with Crippen molar-refractivity contribution >= 4 is 17.2 Å². The maximum atomic E-state index is 11.3. The molecule has 1 amide bonds. The Morgan fingerprint density at radius 2 is 2.40 bits per heavy atom. The summed E-state index contributed by atoms with van der Waals surface area (Å²) < 4.78 is 1.58. The van der Waals surface area contributed by atoms with Gasteiger partial charge in [0.1, 0.15) is 0 Å². The van der Waals surface area contributed by atoms with Gasteiger partial charge in [0.15, 0.2) is 0 Å². The fourth-order valence-electron chi connectivity index (χ4n) is 1.09. The van der Waals surface area contributed by atoms with Gasteiger partial charge in [-0.1, -0.05) is 11.3 Å². The Morgan fingerprint density at radius 3 is 2.93 bits per heavy atom. The SMILES string of the molecule is CCONC(=O)CCn1c(C)csc1=O. The number of hydrogen-bond acceptors (Lipinski definition) is 4. The topological polar surface area (TPSA) is 60.3 Å². The highest BCUT2D eigenvalue weighted by atomic mass is 32.1. The molecule has 0 aliphatic carbocycles. The molecule has 0 radical (unpaired) electrons. The van der Waals surface area contributed by atoms with Crippen LogP contribution in [0.4, 0.5) is 0 Å². The first-order chi connectivity index (χ1) is 7.15. The molecule has 0 aliphatic rings. The molecule has 0 saturated carbocycles. The van der Waals surface area contributed by atoms with Crippen molar-refractivity contribution < 1.29 is 9.63 Å². The van der Waals surface area contributed by atoms with Crippen LogP contribution >= 0.6 is 11.3 Å². The zero-order chi connectivity index (χ0) is 11.3. The van der Waals surface area contributed by atoms with Gasteiger partial charge in [-0.15, -0.1) is 0 Å². The van der Waals surface area contributed by atoms with Gasteiger partial charge in [0.25, 0.3) is 0 Å². The van der Waals surface area contributed by atoms with Gasteiger partial charge in [-0.25, -0.2) is 5.48 Å². The minimum Gasteiger partial charge on any atom is -0.303 e. The van der Waals surface area contributed by atoms with E-state index in [4.69, 9.17) is 4.84 Å². The molecular formula is C9H14N2O3S. The second kappa shape index (κ2) is 5.67. The van der Waals surface area contributed by atoms with Crippen molar-refractivity contribution in [3.05, 3.63) is 20.7 Å². The Hall–Kier alpha value is -1.14. The third-order valence-electron chi connectivity index (χ3n) is 1.87. The van der Waals surface area contributed by atoms with Crippen LogP contribution in [0.25, 0.3) is 0 Å². The lowest BCUT2D eigenvalue weighted by Gasteiger charge is -2.05. The number of hydroxylamine groups is 1. The molecule has 1 aromatic rings. The average molecular weight is 230 g/mol. The summed E-state index contributed by atoms with van der Waals surface area (Å²) in [7, 11) is 0. The lowest BCUT2D eigenvalue weighted by atomic mass is 10.4. The largest absolute Gasteiger partial charge is 0.307 e. The van der Waals surface area contributed by atoms with Crippen molar-refractivity contribution in [1.29, 1.82) is 0 Å². The van der Waals surface area contributed by atoms with E-state index >= 15 is 0 Å². The van der Waals surface area contributed by atoms with Crippen LogP contribution < -0.4 is 10.4 Å². The highest BCUT2D eigenvalue weighted by Crippen LogP contribution is 2.00. The van der Waals surface area contributed by atoms with Gasteiger partial charge in [-0.05, 0) is 13.8 Å². The van der Waals surface area contributed by atoms with E-state index in [-0.39, 0.29) is 17.2 Å². The van der Waals surface area contributed by atoms with E-state index < -0.39 is 0 Å². The Kier molecular flexibility index (Phi) is 4.51. The summed E-state index contributed by atoms with van der Waals surface area (Å²) in [5.74, 6) is -0.214. The molecule has 1 aromatic heterocycles. The molecule has 0 spiro atoms. The molecule has 0 unspecified atom stereocenters. The van der Waals surface area contributed by atoms with Crippen molar-refractivity contribution in [3.8, 4) is 0 Å². The van der Waals surface area contributed by atoms with E-state index in [1.807, 2.05) is 6.92 Å². The number of carbonyl (C=O) groups is 1. The number of carbonyl (C=O) groups excluding carboxylic acids is 1. The van der Waals surface area contributed by atoms with Crippen LogP contribution in [-0.2, 0) is 16.2 Å². The van der Waals surface area contributed by atoms with E-state index in [2.05, 4.69) is 5.48 Å². The summed E-state index contributed by atoms with van der Waals surface area (Å²) in [5, 5.41) is 1.78. The molecule has 0 saturated heterocycles. The van der Waals surface area contributed by atoms with Gasteiger partial charge in [-0.3, -0.25) is 14.4 Å². The number of nitrogens with one attached hydrogen (secondary N) is 1. The quantitative estimate of drug-likeness (QED) is 0.756. The molecule has 1 rings (SSSR count). The van der Waals surface area contributed by atoms with Gasteiger partial charge in [0, 0.05) is 24.0 Å². The molecule has 1 heterocycles. The molecule has 1 N–H and O–H groups in total. The molecule has 5 nitrogen and oxygen atoms in total. The van der Waals surface area contributed by atoms with E-state index in [0.717, 1.165) is 17.0 Å². The normalized spacial score (nSPS) is 10.3. The van der Waals surface area contributed by atoms with Crippen molar-refractivity contribution in [3.63, 3.8) is 0 Å². The maximum absolute atomic E-state index is 11.3. The molecule has 0 fully saturated rings. The van der Waals surface area contributed by atoms with E-state index in [0.29, 0.717) is 13.2 Å². The summed E-state index contributed by atoms with van der Waals surface area (Å²) in [4.78, 5) is 27.2. The fourth-order valence-corrected chi connectivity index (χ4v) is 1.85. The predicted molar refractivity (Wildman–Crippen MR) is 57.7 cm³/mol. The highest BCUT2D eigenvalue weighted by Gasteiger charge is 2.05. The monoisotopic (exact) mass is 230 g/mol. The zero-order valence-electron chi connectivity index (χ0n) is 8.78. The average Bonchev–Trinajstić information content (AvgIpc) is 2.53. The molecule has 0 aromatic carbocycles. The Labute approximate surface area is 91.6 Å². The van der Waals surface area contributed by atoms with Crippen LogP contribution in [0.3, 0.4) is 0 Å². The number of aryl methyl sites for hydroxylation is 1. The minimum absolute atomic E-state index is 0.0308. The predicted octanol–water partition coefficient (Wildman–Crippen LogP) is 0.676. The number of aromatic nitrogens is 1. The standard InChI is InChI=1S/C9H14N2O3S/c1-3-14-10-8(12)4-5-11-7(2)6-15-9(11)13/h6H,3-5H2,1-2H3,(H,10,12). The first-order valence-corrected chi connectivity index (χ1v) is 5.58. The summed E-state index contributed by atoms with van der Waals surface area (Å²) in [6, 6.07) is 0. The van der Waals surface area contributed by atoms with Crippen LogP contribution in [0.2, 0.25) is 0 Å². The van der Waals surface area contributed by atoms with Crippen LogP contribution in [0.5, 0.6) is 0 Å². The van der Waals surface area contributed by atoms with E-state index in [1.54, 1.807) is 16.9 Å². The molecular weight excluding hydrogens is 216 g/mol. The molecule has 6 heteroatoms. The Bertz CT molecular complexity index is 383. The third kappa shape index (κ3) is 3.49. The summed E-state index contributed by atoms with van der Waals surface area (Å²) >= 11 is 1.14. The molecule has 0 atom stereocenters. The molecule has 0 aliphatic heterocycles. The van der Waals surface area contributed by atoms with E-state index in [9.17, 15) is 9.59 Å². The van der Waals surface area contributed by atoms with Crippen LogP contribution in [-0.4, -0.2) is 17.1 Å². The number of hydrogen-bond donors (Lipinski definition) is 1. The number of nitrogens with zero attached hydrogens (tertiary/aromatic N) is 1.